The molecule has 1 aliphatic rings. The van der Waals surface area contributed by atoms with Crippen molar-refractivity contribution in [2.45, 2.75) is 6.54 Å². The average molecular weight is 411 g/mol. The molecule has 1 aliphatic heterocycles. The summed E-state index contributed by atoms with van der Waals surface area (Å²) in [7, 11) is 1.89. The second-order valence-corrected chi connectivity index (χ2v) is 7.41. The number of nitrogens with zero attached hydrogens (tertiary/aromatic N) is 8. The predicted molar refractivity (Wildman–Crippen MR) is 109 cm³/mol. The molecule has 1 saturated heterocycles. The van der Waals surface area contributed by atoms with Gasteiger partial charge in [0.25, 0.3) is 0 Å². The molecule has 0 N–H and O–H groups in total. The lowest BCUT2D eigenvalue weighted by Gasteiger charge is -2.34. The number of halogens is 1. The SMILES string of the molecule is Cn1ncc2c(N3CCN(Cc4nnc(-c5ccc(Cl)cc5)o4)CC3)ncnc21. The van der Waals surface area contributed by atoms with Crippen LogP contribution in [0.25, 0.3) is 22.5 Å². The lowest BCUT2D eigenvalue weighted by atomic mass is 10.2. The largest absolute Gasteiger partial charge is 0.419 e. The summed E-state index contributed by atoms with van der Waals surface area (Å²) >= 11 is 5.93. The maximum Gasteiger partial charge on any atom is 0.247 e. The van der Waals surface area contributed by atoms with Crippen LogP contribution in [0.1, 0.15) is 5.89 Å². The second-order valence-electron chi connectivity index (χ2n) is 6.97. The summed E-state index contributed by atoms with van der Waals surface area (Å²) in [4.78, 5) is 13.4. The first-order valence-corrected chi connectivity index (χ1v) is 9.73. The first-order chi connectivity index (χ1) is 14.2. The van der Waals surface area contributed by atoms with Crippen molar-refractivity contribution in [3.8, 4) is 11.5 Å². The van der Waals surface area contributed by atoms with E-state index >= 15 is 0 Å². The molecule has 3 aromatic heterocycles. The van der Waals surface area contributed by atoms with E-state index in [1.54, 1.807) is 11.0 Å². The molecule has 5 rings (SSSR count). The molecule has 0 bridgehead atoms. The Morgan fingerprint density at radius 1 is 1.03 bits per heavy atom. The van der Waals surface area contributed by atoms with Crippen molar-refractivity contribution >= 4 is 28.5 Å². The molecule has 10 heteroatoms. The normalized spacial score (nSPS) is 15.3. The number of fused-ring (bicyclic) bond motifs is 1. The summed E-state index contributed by atoms with van der Waals surface area (Å²) < 4.78 is 7.60. The molecule has 148 valence electrons. The number of hydrogen-bond acceptors (Lipinski definition) is 8. The van der Waals surface area contributed by atoms with E-state index in [2.05, 4.69) is 35.1 Å². The minimum atomic E-state index is 0.509. The van der Waals surface area contributed by atoms with E-state index in [9.17, 15) is 0 Å². The smallest absolute Gasteiger partial charge is 0.247 e. The van der Waals surface area contributed by atoms with E-state index in [-0.39, 0.29) is 0 Å². The number of aromatic nitrogens is 6. The van der Waals surface area contributed by atoms with Crippen LogP contribution in [0.2, 0.25) is 5.02 Å². The van der Waals surface area contributed by atoms with Crippen LogP contribution in [0, 0.1) is 0 Å². The Hall–Kier alpha value is -3.04. The molecule has 0 atom stereocenters. The number of anilines is 1. The molecule has 29 heavy (non-hydrogen) atoms. The molecule has 4 aromatic rings. The summed E-state index contributed by atoms with van der Waals surface area (Å²) in [6.45, 7) is 4.10. The van der Waals surface area contributed by atoms with Gasteiger partial charge in [-0.1, -0.05) is 11.6 Å². The molecule has 4 heterocycles. The van der Waals surface area contributed by atoms with E-state index in [1.165, 1.54) is 0 Å². The molecule has 0 spiro atoms. The van der Waals surface area contributed by atoms with Crippen molar-refractivity contribution in [2.24, 2.45) is 7.05 Å². The van der Waals surface area contributed by atoms with Gasteiger partial charge in [0.05, 0.1) is 18.1 Å². The fourth-order valence-corrected chi connectivity index (χ4v) is 3.66. The monoisotopic (exact) mass is 410 g/mol. The van der Waals surface area contributed by atoms with Crippen molar-refractivity contribution in [1.82, 2.24) is 34.8 Å². The van der Waals surface area contributed by atoms with E-state index in [0.29, 0.717) is 23.3 Å². The minimum absolute atomic E-state index is 0.509. The zero-order valence-corrected chi connectivity index (χ0v) is 16.6. The fourth-order valence-electron chi connectivity index (χ4n) is 3.54. The van der Waals surface area contributed by atoms with Crippen molar-refractivity contribution < 1.29 is 4.42 Å². The van der Waals surface area contributed by atoms with Crippen LogP contribution >= 0.6 is 11.6 Å². The highest BCUT2D eigenvalue weighted by Crippen LogP contribution is 2.24. The van der Waals surface area contributed by atoms with E-state index < -0.39 is 0 Å². The van der Waals surface area contributed by atoms with Crippen molar-refractivity contribution in [2.75, 3.05) is 31.1 Å². The van der Waals surface area contributed by atoms with Crippen LogP contribution in [0.5, 0.6) is 0 Å². The van der Waals surface area contributed by atoms with Gasteiger partial charge in [-0.25, -0.2) is 9.97 Å². The molecule has 0 saturated carbocycles. The minimum Gasteiger partial charge on any atom is -0.419 e. The number of benzene rings is 1. The molecular weight excluding hydrogens is 392 g/mol. The molecule has 0 aliphatic carbocycles. The highest BCUT2D eigenvalue weighted by atomic mass is 35.5. The van der Waals surface area contributed by atoms with Crippen LogP contribution in [-0.4, -0.2) is 61.0 Å². The summed E-state index contributed by atoms with van der Waals surface area (Å²) in [5, 5.41) is 14.3. The van der Waals surface area contributed by atoms with Gasteiger partial charge in [-0.05, 0) is 24.3 Å². The lowest BCUT2D eigenvalue weighted by molar-refractivity contribution is 0.226. The third-order valence-electron chi connectivity index (χ3n) is 5.10. The van der Waals surface area contributed by atoms with Gasteiger partial charge < -0.3 is 9.32 Å². The Morgan fingerprint density at radius 3 is 2.62 bits per heavy atom. The van der Waals surface area contributed by atoms with Gasteiger partial charge in [0.1, 0.15) is 12.1 Å². The van der Waals surface area contributed by atoms with Crippen molar-refractivity contribution in [3.05, 3.63) is 47.7 Å². The summed E-state index contributed by atoms with van der Waals surface area (Å²) in [6.07, 6.45) is 3.43. The van der Waals surface area contributed by atoms with E-state index in [4.69, 9.17) is 16.0 Å². The van der Waals surface area contributed by atoms with Gasteiger partial charge in [0, 0.05) is 43.8 Å². The van der Waals surface area contributed by atoms with Crippen LogP contribution in [0.3, 0.4) is 0 Å². The first-order valence-electron chi connectivity index (χ1n) is 9.36. The molecule has 0 unspecified atom stereocenters. The number of rotatable bonds is 4. The Morgan fingerprint density at radius 2 is 1.83 bits per heavy atom. The molecule has 9 nitrogen and oxygen atoms in total. The quantitative estimate of drug-likeness (QED) is 0.506. The maximum atomic E-state index is 5.93. The standard InChI is InChI=1S/C19H19ClN8O/c1-26-17-15(10-23-26)18(22-12-21-17)28-8-6-27(7-9-28)11-16-24-25-19(29-16)13-2-4-14(20)5-3-13/h2-5,10,12H,6-9,11H2,1H3. The molecule has 0 radical (unpaired) electrons. The first kappa shape index (κ1) is 18.0. The summed E-state index contributed by atoms with van der Waals surface area (Å²) in [5.74, 6) is 2.06. The van der Waals surface area contributed by atoms with Crippen LogP contribution in [0.15, 0.2) is 41.2 Å². The third kappa shape index (κ3) is 3.54. The average Bonchev–Trinajstić information content (AvgIpc) is 3.36. The maximum absolute atomic E-state index is 5.93. The van der Waals surface area contributed by atoms with Gasteiger partial charge in [0.2, 0.25) is 11.8 Å². The van der Waals surface area contributed by atoms with E-state index in [1.807, 2.05) is 37.5 Å². The van der Waals surface area contributed by atoms with Gasteiger partial charge in [-0.2, -0.15) is 5.10 Å². The highest BCUT2D eigenvalue weighted by Gasteiger charge is 2.22. The zero-order valence-electron chi connectivity index (χ0n) is 15.9. The summed E-state index contributed by atoms with van der Waals surface area (Å²) in [6, 6.07) is 7.37. The Bertz CT molecular complexity index is 1130. The zero-order chi connectivity index (χ0) is 19.8. The number of aryl methyl sites for hydroxylation is 1. The summed E-state index contributed by atoms with van der Waals surface area (Å²) in [5.41, 5.74) is 1.71. The van der Waals surface area contributed by atoms with Gasteiger partial charge in [-0.15, -0.1) is 10.2 Å². The van der Waals surface area contributed by atoms with Crippen molar-refractivity contribution in [3.63, 3.8) is 0 Å². The van der Waals surface area contributed by atoms with Crippen LogP contribution < -0.4 is 4.90 Å². The van der Waals surface area contributed by atoms with Gasteiger partial charge in [0.15, 0.2) is 5.65 Å². The lowest BCUT2D eigenvalue weighted by Crippen LogP contribution is -2.46. The predicted octanol–water partition coefficient (Wildman–Crippen LogP) is 2.39. The Balaban J connectivity index is 1.24. The topological polar surface area (TPSA) is 89.0 Å². The molecular formula is C19H19ClN8O. The highest BCUT2D eigenvalue weighted by molar-refractivity contribution is 6.30. The fraction of sp³-hybridized carbons (Fsp3) is 0.316. The third-order valence-corrected chi connectivity index (χ3v) is 5.35. The van der Waals surface area contributed by atoms with Crippen LogP contribution in [-0.2, 0) is 13.6 Å². The number of hydrogen-bond donors (Lipinski definition) is 0. The second kappa shape index (κ2) is 7.41. The van der Waals surface area contributed by atoms with Crippen molar-refractivity contribution in [1.29, 1.82) is 0 Å². The Labute approximate surface area is 171 Å². The molecule has 1 fully saturated rings. The van der Waals surface area contributed by atoms with Gasteiger partial charge in [-0.3, -0.25) is 9.58 Å². The van der Waals surface area contributed by atoms with Crippen LogP contribution in [0.4, 0.5) is 5.82 Å². The van der Waals surface area contributed by atoms with E-state index in [0.717, 1.165) is 48.6 Å². The molecule has 1 aromatic carbocycles. The Kier molecular flexibility index (Phi) is 4.61. The molecule has 0 amide bonds. The number of piperazine rings is 1. The van der Waals surface area contributed by atoms with Gasteiger partial charge >= 0.3 is 0 Å².